The van der Waals surface area contributed by atoms with Crippen LogP contribution in [0.2, 0.25) is 0 Å². The highest BCUT2D eigenvalue weighted by molar-refractivity contribution is 5.87. The van der Waals surface area contributed by atoms with Gasteiger partial charge in [-0.15, -0.1) is 0 Å². The zero-order chi connectivity index (χ0) is 21.8. The molecule has 0 saturated heterocycles. The van der Waals surface area contributed by atoms with Gasteiger partial charge in [0.05, 0.1) is 12.8 Å². The Morgan fingerprint density at radius 1 is 1.13 bits per heavy atom. The number of nitrogens with one attached hydrogen (secondary N) is 2. The molecule has 0 unspecified atom stereocenters. The van der Waals surface area contributed by atoms with Crippen LogP contribution in [0.15, 0.2) is 59.7 Å². The number of carboxylic acid groups (broad SMARTS) is 1. The topological polar surface area (TPSA) is 126 Å². The van der Waals surface area contributed by atoms with Gasteiger partial charge in [-0.3, -0.25) is 4.79 Å². The van der Waals surface area contributed by atoms with Crippen molar-refractivity contribution in [3.63, 3.8) is 0 Å². The summed E-state index contributed by atoms with van der Waals surface area (Å²) in [5.41, 5.74) is 3.85. The van der Waals surface area contributed by atoms with Crippen molar-refractivity contribution in [3.8, 4) is 5.75 Å². The van der Waals surface area contributed by atoms with Crippen LogP contribution in [0.25, 0.3) is 0 Å². The van der Waals surface area contributed by atoms with Crippen LogP contribution in [0.4, 0.5) is 4.79 Å². The Hall–Kier alpha value is -3.88. The third-order valence-corrected chi connectivity index (χ3v) is 3.78. The molecule has 0 heterocycles. The van der Waals surface area contributed by atoms with E-state index >= 15 is 0 Å². The van der Waals surface area contributed by atoms with Crippen molar-refractivity contribution in [1.29, 1.82) is 0 Å². The minimum absolute atomic E-state index is 0.184. The van der Waals surface area contributed by atoms with Crippen LogP contribution < -0.4 is 15.5 Å². The van der Waals surface area contributed by atoms with Crippen molar-refractivity contribution in [2.24, 2.45) is 5.10 Å². The average molecular weight is 413 g/mol. The van der Waals surface area contributed by atoms with Gasteiger partial charge in [-0.2, -0.15) is 5.10 Å². The van der Waals surface area contributed by atoms with Crippen LogP contribution in [0, 0.1) is 0 Å². The van der Waals surface area contributed by atoms with E-state index in [1.807, 2.05) is 30.3 Å². The maximum atomic E-state index is 12.5. The molecule has 0 bridgehead atoms. The lowest BCUT2D eigenvalue weighted by Gasteiger charge is -2.16. The largest absolute Gasteiger partial charge is 0.482 e. The van der Waals surface area contributed by atoms with E-state index in [1.54, 1.807) is 31.2 Å². The summed E-state index contributed by atoms with van der Waals surface area (Å²) < 4.78 is 9.96. The number of hydrogen-bond acceptors (Lipinski definition) is 6. The number of aliphatic carboxylic acids is 1. The molecule has 9 nitrogen and oxygen atoms in total. The Morgan fingerprint density at radius 3 is 2.60 bits per heavy atom. The fourth-order valence-corrected chi connectivity index (χ4v) is 2.45. The van der Waals surface area contributed by atoms with Crippen LogP contribution >= 0.6 is 0 Å². The highest BCUT2D eigenvalue weighted by Crippen LogP contribution is 2.11. The van der Waals surface area contributed by atoms with Gasteiger partial charge in [0.2, 0.25) is 0 Å². The number of ether oxygens (including phenoxy) is 2. The number of carbonyl (C=O) groups excluding carboxylic acids is 2. The lowest BCUT2D eigenvalue weighted by Crippen LogP contribution is -2.47. The predicted octanol–water partition coefficient (Wildman–Crippen LogP) is 1.96. The number of hydrazone groups is 1. The summed E-state index contributed by atoms with van der Waals surface area (Å²) in [6, 6.07) is 14.9. The monoisotopic (exact) mass is 413 g/mol. The first-order chi connectivity index (χ1) is 14.5. The number of benzene rings is 2. The fraction of sp³-hybridized carbons (Fsp3) is 0.238. The van der Waals surface area contributed by atoms with Gasteiger partial charge in [0, 0.05) is 6.42 Å². The van der Waals surface area contributed by atoms with E-state index in [9.17, 15) is 14.4 Å². The summed E-state index contributed by atoms with van der Waals surface area (Å²) in [5.74, 6) is -1.24. The summed E-state index contributed by atoms with van der Waals surface area (Å²) in [4.78, 5) is 34.9. The van der Waals surface area contributed by atoms with Gasteiger partial charge in [-0.05, 0) is 30.2 Å². The molecule has 2 amide bonds. The van der Waals surface area contributed by atoms with E-state index in [-0.39, 0.29) is 13.0 Å². The molecule has 0 radical (unpaired) electrons. The predicted molar refractivity (Wildman–Crippen MR) is 109 cm³/mol. The summed E-state index contributed by atoms with van der Waals surface area (Å²) in [6.07, 6.45) is 0.954. The van der Waals surface area contributed by atoms with Gasteiger partial charge in [-0.1, -0.05) is 42.5 Å². The molecule has 0 aromatic heterocycles. The minimum atomic E-state index is -1.08. The quantitative estimate of drug-likeness (QED) is 0.404. The Balaban J connectivity index is 2.00. The highest BCUT2D eigenvalue weighted by Gasteiger charge is 2.21. The number of alkyl carbamates (subject to hydrolysis) is 1. The summed E-state index contributed by atoms with van der Waals surface area (Å²) in [5, 5.41) is 15.1. The zero-order valence-corrected chi connectivity index (χ0v) is 16.4. The molecule has 30 heavy (non-hydrogen) atoms. The maximum absolute atomic E-state index is 12.5. The number of carbonyl (C=O) groups is 3. The van der Waals surface area contributed by atoms with Crippen LogP contribution in [0.1, 0.15) is 18.1 Å². The Bertz CT molecular complexity index is 885. The van der Waals surface area contributed by atoms with Gasteiger partial charge in [0.15, 0.2) is 6.61 Å². The molecule has 9 heteroatoms. The van der Waals surface area contributed by atoms with E-state index in [0.29, 0.717) is 11.3 Å². The van der Waals surface area contributed by atoms with Gasteiger partial charge >= 0.3 is 12.1 Å². The first-order valence-corrected chi connectivity index (χ1v) is 9.22. The number of carboxylic acids is 1. The molecule has 1 atom stereocenters. The Kier molecular flexibility index (Phi) is 8.85. The van der Waals surface area contributed by atoms with Gasteiger partial charge in [0.25, 0.3) is 5.91 Å². The van der Waals surface area contributed by atoms with Crippen molar-refractivity contribution in [2.45, 2.75) is 19.4 Å². The Labute approximate surface area is 173 Å². The second-order valence-corrected chi connectivity index (χ2v) is 6.10. The fourth-order valence-electron chi connectivity index (χ4n) is 2.45. The SMILES string of the molecule is CCOC(=O)N[C@H](Cc1ccccc1)C(=O)N/N=C\c1cccc(OCC(=O)O)c1. The molecule has 158 valence electrons. The van der Waals surface area contributed by atoms with Crippen LogP contribution in [-0.4, -0.2) is 48.5 Å². The van der Waals surface area contributed by atoms with E-state index in [0.717, 1.165) is 5.56 Å². The van der Waals surface area contributed by atoms with Crippen molar-refractivity contribution in [3.05, 3.63) is 65.7 Å². The van der Waals surface area contributed by atoms with Crippen LogP contribution in [0.5, 0.6) is 5.75 Å². The Morgan fingerprint density at radius 2 is 1.90 bits per heavy atom. The van der Waals surface area contributed by atoms with E-state index in [4.69, 9.17) is 14.6 Å². The minimum Gasteiger partial charge on any atom is -0.482 e. The second kappa shape index (κ2) is 11.8. The van der Waals surface area contributed by atoms with Gasteiger partial charge in [0.1, 0.15) is 11.8 Å². The first kappa shape index (κ1) is 22.4. The van der Waals surface area contributed by atoms with E-state index in [2.05, 4.69) is 15.8 Å². The molecular formula is C21H23N3O6. The molecule has 0 spiro atoms. The molecule has 3 N–H and O–H groups in total. The first-order valence-electron chi connectivity index (χ1n) is 9.22. The molecule has 0 saturated carbocycles. The van der Waals surface area contributed by atoms with Gasteiger partial charge in [-0.25, -0.2) is 15.0 Å². The van der Waals surface area contributed by atoms with Crippen LogP contribution in [-0.2, 0) is 20.7 Å². The van der Waals surface area contributed by atoms with E-state index in [1.165, 1.54) is 6.21 Å². The number of rotatable bonds is 10. The van der Waals surface area contributed by atoms with Crippen molar-refractivity contribution < 1.29 is 29.0 Å². The van der Waals surface area contributed by atoms with Crippen molar-refractivity contribution in [2.75, 3.05) is 13.2 Å². The molecule has 2 aromatic rings. The number of amides is 2. The maximum Gasteiger partial charge on any atom is 0.407 e. The second-order valence-electron chi connectivity index (χ2n) is 6.10. The molecule has 0 aliphatic carbocycles. The molecule has 0 aliphatic rings. The standard InChI is InChI=1S/C21H23N3O6/c1-2-29-21(28)23-18(12-15-7-4-3-5-8-15)20(27)24-22-13-16-9-6-10-17(11-16)30-14-19(25)26/h3-11,13,18H,2,12,14H2,1H3,(H,23,28)(H,24,27)(H,25,26)/b22-13-/t18-/m1/s1. The lowest BCUT2D eigenvalue weighted by molar-refractivity contribution is -0.139. The molecule has 0 aliphatic heterocycles. The van der Waals surface area contributed by atoms with Crippen molar-refractivity contribution >= 4 is 24.2 Å². The number of hydrogen-bond donors (Lipinski definition) is 3. The molecule has 0 fully saturated rings. The summed E-state index contributed by atoms with van der Waals surface area (Å²) in [6.45, 7) is 1.40. The van der Waals surface area contributed by atoms with E-state index < -0.39 is 30.6 Å². The lowest BCUT2D eigenvalue weighted by atomic mass is 10.1. The average Bonchev–Trinajstić information content (AvgIpc) is 2.73. The van der Waals surface area contributed by atoms with Crippen LogP contribution in [0.3, 0.4) is 0 Å². The molecular weight excluding hydrogens is 390 g/mol. The smallest absolute Gasteiger partial charge is 0.407 e. The molecule has 2 rings (SSSR count). The highest BCUT2D eigenvalue weighted by atomic mass is 16.5. The summed E-state index contributed by atoms with van der Waals surface area (Å²) in [7, 11) is 0. The number of nitrogens with zero attached hydrogens (tertiary/aromatic N) is 1. The normalized spacial score (nSPS) is 11.5. The third kappa shape index (κ3) is 8.01. The van der Waals surface area contributed by atoms with Crippen molar-refractivity contribution in [1.82, 2.24) is 10.7 Å². The zero-order valence-electron chi connectivity index (χ0n) is 16.4. The molecule has 2 aromatic carbocycles. The van der Waals surface area contributed by atoms with Gasteiger partial charge < -0.3 is 19.9 Å². The third-order valence-electron chi connectivity index (χ3n) is 3.78. The summed E-state index contributed by atoms with van der Waals surface area (Å²) >= 11 is 0.